The summed E-state index contributed by atoms with van der Waals surface area (Å²) in [6.07, 6.45) is 4.85. The molecule has 17 heavy (non-hydrogen) atoms. The van der Waals surface area contributed by atoms with Gasteiger partial charge in [-0.05, 0) is 27.7 Å². The van der Waals surface area contributed by atoms with Gasteiger partial charge in [-0.25, -0.2) is 9.97 Å². The molecule has 0 fully saturated rings. The van der Waals surface area contributed by atoms with Gasteiger partial charge in [0.05, 0.1) is 0 Å². The van der Waals surface area contributed by atoms with Crippen molar-refractivity contribution in [3.63, 3.8) is 0 Å². The summed E-state index contributed by atoms with van der Waals surface area (Å²) in [5, 5.41) is 0. The van der Waals surface area contributed by atoms with Crippen molar-refractivity contribution < 1.29 is 0 Å². The fourth-order valence-corrected chi connectivity index (χ4v) is 2.36. The molecule has 0 saturated carbocycles. The minimum Gasteiger partial charge on any atom is -0.332 e. The number of nitrogens with zero attached hydrogens (tertiary/aromatic N) is 4. The predicted octanol–water partition coefficient (Wildman–Crippen LogP) is 2.33. The molecule has 0 amide bonds. The Labute approximate surface area is 102 Å². The van der Waals surface area contributed by atoms with Gasteiger partial charge in [-0.15, -0.1) is 0 Å². The van der Waals surface area contributed by atoms with E-state index in [2.05, 4.69) is 46.8 Å². The van der Waals surface area contributed by atoms with Crippen molar-refractivity contribution in [2.24, 2.45) is 0 Å². The summed E-state index contributed by atoms with van der Waals surface area (Å²) in [5.74, 6) is 2.17. The van der Waals surface area contributed by atoms with Crippen LogP contribution in [0, 0.1) is 13.8 Å². The highest BCUT2D eigenvalue weighted by Crippen LogP contribution is 2.13. The van der Waals surface area contributed by atoms with Crippen molar-refractivity contribution in [2.75, 3.05) is 0 Å². The molecule has 2 aromatic heterocycles. The summed E-state index contributed by atoms with van der Waals surface area (Å²) >= 11 is 0. The predicted molar refractivity (Wildman–Crippen MR) is 68.1 cm³/mol. The maximum Gasteiger partial charge on any atom is 0.105 e. The van der Waals surface area contributed by atoms with Gasteiger partial charge in [0.2, 0.25) is 0 Å². The second kappa shape index (κ2) is 4.73. The molecule has 4 heteroatoms. The molecule has 4 nitrogen and oxygen atoms in total. The van der Waals surface area contributed by atoms with Gasteiger partial charge in [-0.2, -0.15) is 0 Å². The SMILES string of the molecule is CCn1c(Cc2cnc(C)n2CC)cnc1C. The standard InChI is InChI=1S/C13H20N4/c1-5-16-10(3)14-8-12(16)7-13-9-15-11(4)17(13)6-2/h8-9H,5-7H2,1-4H3. The van der Waals surface area contributed by atoms with Crippen LogP contribution in [0.2, 0.25) is 0 Å². The Morgan fingerprint density at radius 1 is 0.882 bits per heavy atom. The quantitative estimate of drug-likeness (QED) is 0.811. The minimum absolute atomic E-state index is 0.906. The average molecular weight is 232 g/mol. The molecule has 0 aliphatic heterocycles. The molecule has 2 aromatic rings. The van der Waals surface area contributed by atoms with Crippen LogP contribution in [-0.2, 0) is 19.5 Å². The molecule has 0 aliphatic rings. The molecule has 2 rings (SSSR count). The molecule has 0 aliphatic carbocycles. The van der Waals surface area contributed by atoms with E-state index in [1.807, 2.05) is 12.4 Å². The Morgan fingerprint density at radius 3 is 1.65 bits per heavy atom. The summed E-state index contributed by atoms with van der Waals surface area (Å²) in [4.78, 5) is 8.76. The van der Waals surface area contributed by atoms with E-state index in [0.29, 0.717) is 0 Å². The third-order valence-corrected chi connectivity index (χ3v) is 3.27. The van der Waals surface area contributed by atoms with Crippen LogP contribution in [0.5, 0.6) is 0 Å². The molecule has 0 unspecified atom stereocenters. The van der Waals surface area contributed by atoms with Gasteiger partial charge < -0.3 is 9.13 Å². The Morgan fingerprint density at radius 2 is 1.29 bits per heavy atom. The highest BCUT2D eigenvalue weighted by molar-refractivity contribution is 5.16. The van der Waals surface area contributed by atoms with Gasteiger partial charge in [0.1, 0.15) is 11.6 Å². The average Bonchev–Trinajstić information content (AvgIpc) is 2.83. The third kappa shape index (κ3) is 2.12. The zero-order chi connectivity index (χ0) is 12.4. The van der Waals surface area contributed by atoms with Crippen molar-refractivity contribution in [1.29, 1.82) is 0 Å². The van der Waals surface area contributed by atoms with Crippen LogP contribution in [0.4, 0.5) is 0 Å². The molecular weight excluding hydrogens is 212 g/mol. The zero-order valence-electron chi connectivity index (χ0n) is 11.1. The van der Waals surface area contributed by atoms with Crippen LogP contribution in [0.3, 0.4) is 0 Å². The van der Waals surface area contributed by atoms with Gasteiger partial charge in [0, 0.05) is 43.3 Å². The van der Waals surface area contributed by atoms with Crippen molar-refractivity contribution in [3.8, 4) is 0 Å². The van der Waals surface area contributed by atoms with Gasteiger partial charge >= 0.3 is 0 Å². The van der Waals surface area contributed by atoms with Crippen LogP contribution in [0.15, 0.2) is 12.4 Å². The third-order valence-electron chi connectivity index (χ3n) is 3.27. The number of aryl methyl sites for hydroxylation is 2. The van der Waals surface area contributed by atoms with E-state index < -0.39 is 0 Å². The fourth-order valence-electron chi connectivity index (χ4n) is 2.36. The summed E-state index contributed by atoms with van der Waals surface area (Å²) in [7, 11) is 0. The summed E-state index contributed by atoms with van der Waals surface area (Å²) in [6.45, 7) is 10.4. The largest absolute Gasteiger partial charge is 0.332 e. The highest BCUT2D eigenvalue weighted by atomic mass is 15.1. The van der Waals surface area contributed by atoms with E-state index in [0.717, 1.165) is 31.2 Å². The van der Waals surface area contributed by atoms with Gasteiger partial charge in [0.15, 0.2) is 0 Å². The first kappa shape index (κ1) is 11.9. The molecule has 92 valence electrons. The van der Waals surface area contributed by atoms with Crippen LogP contribution >= 0.6 is 0 Å². The first-order valence-electron chi connectivity index (χ1n) is 6.19. The van der Waals surface area contributed by atoms with Crippen LogP contribution in [0.1, 0.15) is 36.9 Å². The van der Waals surface area contributed by atoms with E-state index in [4.69, 9.17) is 0 Å². The first-order chi connectivity index (χ1) is 8.17. The van der Waals surface area contributed by atoms with E-state index >= 15 is 0 Å². The van der Waals surface area contributed by atoms with Crippen LogP contribution < -0.4 is 0 Å². The maximum atomic E-state index is 4.38. The molecular formula is C13H20N4. The van der Waals surface area contributed by atoms with Crippen molar-refractivity contribution in [3.05, 3.63) is 35.4 Å². The molecule has 0 N–H and O–H groups in total. The van der Waals surface area contributed by atoms with E-state index in [-0.39, 0.29) is 0 Å². The van der Waals surface area contributed by atoms with E-state index in [1.165, 1.54) is 11.4 Å². The van der Waals surface area contributed by atoms with Gasteiger partial charge in [-0.1, -0.05) is 0 Å². The van der Waals surface area contributed by atoms with Crippen LogP contribution in [0.25, 0.3) is 0 Å². The lowest BCUT2D eigenvalue weighted by Crippen LogP contribution is -2.07. The Hall–Kier alpha value is -1.58. The molecule has 0 spiro atoms. The Bertz CT molecular complexity index is 461. The fraction of sp³-hybridized carbons (Fsp3) is 0.538. The van der Waals surface area contributed by atoms with Crippen molar-refractivity contribution in [2.45, 2.75) is 47.2 Å². The lowest BCUT2D eigenvalue weighted by atomic mass is 10.2. The lowest BCUT2D eigenvalue weighted by Gasteiger charge is -2.09. The molecule has 0 bridgehead atoms. The van der Waals surface area contributed by atoms with Gasteiger partial charge in [-0.3, -0.25) is 0 Å². The molecule has 2 heterocycles. The number of rotatable bonds is 4. The topological polar surface area (TPSA) is 35.6 Å². The van der Waals surface area contributed by atoms with Crippen molar-refractivity contribution >= 4 is 0 Å². The number of hydrogen-bond donors (Lipinski definition) is 0. The number of hydrogen-bond acceptors (Lipinski definition) is 2. The second-order valence-corrected chi connectivity index (χ2v) is 4.26. The van der Waals surface area contributed by atoms with Crippen LogP contribution in [-0.4, -0.2) is 19.1 Å². The van der Waals surface area contributed by atoms with E-state index in [1.54, 1.807) is 0 Å². The molecule has 0 aromatic carbocycles. The minimum atomic E-state index is 0.906. The summed E-state index contributed by atoms with van der Waals surface area (Å²) in [6, 6.07) is 0. The highest BCUT2D eigenvalue weighted by Gasteiger charge is 2.10. The normalized spacial score (nSPS) is 11.1. The monoisotopic (exact) mass is 232 g/mol. The number of imidazole rings is 2. The summed E-state index contributed by atoms with van der Waals surface area (Å²) in [5.41, 5.74) is 2.53. The summed E-state index contributed by atoms with van der Waals surface area (Å²) < 4.78 is 4.50. The Balaban J connectivity index is 2.31. The second-order valence-electron chi connectivity index (χ2n) is 4.26. The number of aromatic nitrogens is 4. The first-order valence-corrected chi connectivity index (χ1v) is 6.19. The van der Waals surface area contributed by atoms with E-state index in [9.17, 15) is 0 Å². The van der Waals surface area contributed by atoms with Crippen molar-refractivity contribution in [1.82, 2.24) is 19.1 Å². The molecule has 0 radical (unpaired) electrons. The Kier molecular flexibility index (Phi) is 3.31. The molecule has 0 atom stereocenters. The lowest BCUT2D eigenvalue weighted by molar-refractivity contribution is 0.664. The smallest absolute Gasteiger partial charge is 0.105 e. The zero-order valence-corrected chi connectivity index (χ0v) is 11.1. The maximum absolute atomic E-state index is 4.38. The van der Waals surface area contributed by atoms with Gasteiger partial charge in [0.25, 0.3) is 0 Å². The molecule has 0 saturated heterocycles.